The van der Waals surface area contributed by atoms with Crippen molar-refractivity contribution < 1.29 is 22.7 Å². The van der Waals surface area contributed by atoms with Crippen molar-refractivity contribution in [3.63, 3.8) is 0 Å². The monoisotopic (exact) mass is 249 g/mol. The van der Waals surface area contributed by atoms with Crippen LogP contribution in [0.1, 0.15) is 24.6 Å². The molecule has 4 nitrogen and oxygen atoms in total. The van der Waals surface area contributed by atoms with Crippen molar-refractivity contribution >= 4 is 5.97 Å². The molecule has 0 aliphatic carbocycles. The maximum atomic E-state index is 12.9. The van der Waals surface area contributed by atoms with E-state index in [-0.39, 0.29) is 6.61 Å². The van der Waals surface area contributed by atoms with Gasteiger partial charge in [0.25, 0.3) is 6.43 Å². The third kappa shape index (κ3) is 3.08. The highest BCUT2D eigenvalue weighted by Gasteiger charge is 2.21. The molecule has 1 aromatic heterocycles. The molecule has 0 spiro atoms. The van der Waals surface area contributed by atoms with Crippen molar-refractivity contribution in [2.24, 2.45) is 0 Å². The van der Waals surface area contributed by atoms with Crippen molar-refractivity contribution in [3.05, 3.63) is 33.5 Å². The number of hydrogen-bond donors (Lipinski definition) is 1. The van der Waals surface area contributed by atoms with Gasteiger partial charge in [-0.2, -0.15) is 0 Å². The van der Waals surface area contributed by atoms with Crippen LogP contribution in [-0.2, 0) is 16.0 Å². The van der Waals surface area contributed by atoms with Gasteiger partial charge in [-0.25, -0.2) is 13.2 Å². The Bertz CT molecular complexity index is 470. The number of pyridine rings is 1. The zero-order chi connectivity index (χ0) is 13.0. The lowest BCUT2D eigenvalue weighted by Gasteiger charge is -2.07. The molecule has 1 rings (SSSR count). The number of ether oxygens (including phenoxy) is 1. The number of rotatable bonds is 4. The number of hydrogen-bond acceptors (Lipinski definition) is 3. The van der Waals surface area contributed by atoms with E-state index in [0.29, 0.717) is 6.20 Å². The molecule has 94 valence electrons. The van der Waals surface area contributed by atoms with Crippen LogP contribution in [0.5, 0.6) is 0 Å². The largest absolute Gasteiger partial charge is 0.466 e. The standard InChI is InChI=1S/C10H10F3NO3/c1-2-17-7(15)3-5-8(10(12)13)14-4-6(11)9(5)16/h4,10H,2-3H2,1H3,(H,14,16). The van der Waals surface area contributed by atoms with Gasteiger partial charge in [-0.05, 0) is 6.92 Å². The summed E-state index contributed by atoms with van der Waals surface area (Å²) in [6, 6.07) is 0. The van der Waals surface area contributed by atoms with Gasteiger partial charge in [-0.1, -0.05) is 0 Å². The minimum Gasteiger partial charge on any atom is -0.466 e. The van der Waals surface area contributed by atoms with E-state index in [2.05, 4.69) is 4.74 Å². The number of esters is 1. The topological polar surface area (TPSA) is 59.2 Å². The lowest BCUT2D eigenvalue weighted by Crippen LogP contribution is -2.22. The molecule has 0 radical (unpaired) electrons. The van der Waals surface area contributed by atoms with Gasteiger partial charge in [-0.3, -0.25) is 9.59 Å². The molecule has 7 heteroatoms. The molecular weight excluding hydrogens is 239 g/mol. The van der Waals surface area contributed by atoms with E-state index < -0.39 is 41.3 Å². The van der Waals surface area contributed by atoms with Crippen molar-refractivity contribution in [1.29, 1.82) is 0 Å². The van der Waals surface area contributed by atoms with E-state index in [1.807, 2.05) is 4.98 Å². The lowest BCUT2D eigenvalue weighted by molar-refractivity contribution is -0.142. The molecule has 1 heterocycles. The molecule has 0 saturated heterocycles. The summed E-state index contributed by atoms with van der Waals surface area (Å²) in [5.41, 5.74) is -2.57. The summed E-state index contributed by atoms with van der Waals surface area (Å²) in [5, 5.41) is 0. The van der Waals surface area contributed by atoms with E-state index in [0.717, 1.165) is 0 Å². The first-order valence-electron chi connectivity index (χ1n) is 4.81. The van der Waals surface area contributed by atoms with E-state index in [9.17, 15) is 22.8 Å². The third-order valence-electron chi connectivity index (χ3n) is 2.02. The van der Waals surface area contributed by atoms with E-state index in [4.69, 9.17) is 0 Å². The van der Waals surface area contributed by atoms with Crippen LogP contribution < -0.4 is 5.43 Å². The number of carbonyl (C=O) groups excluding carboxylic acids is 1. The molecule has 0 aliphatic heterocycles. The molecule has 0 atom stereocenters. The summed E-state index contributed by atoms with van der Waals surface area (Å²) in [6.07, 6.45) is -3.13. The van der Waals surface area contributed by atoms with Crippen LogP contribution >= 0.6 is 0 Å². The second-order valence-corrected chi connectivity index (χ2v) is 3.14. The summed E-state index contributed by atoms with van der Waals surface area (Å²) < 4.78 is 42.5. The molecule has 0 aliphatic rings. The fourth-order valence-corrected chi connectivity index (χ4v) is 1.29. The summed E-state index contributed by atoms with van der Waals surface area (Å²) in [4.78, 5) is 24.4. The minimum absolute atomic E-state index is 0.0517. The smallest absolute Gasteiger partial charge is 0.310 e. The molecule has 17 heavy (non-hydrogen) atoms. The highest BCUT2D eigenvalue weighted by atomic mass is 19.3. The molecule has 0 saturated carbocycles. The Kier molecular flexibility index (Phi) is 4.30. The minimum atomic E-state index is -2.99. The summed E-state index contributed by atoms with van der Waals surface area (Å²) in [5.74, 6) is -2.07. The lowest BCUT2D eigenvalue weighted by atomic mass is 10.1. The third-order valence-corrected chi connectivity index (χ3v) is 2.02. The first-order chi connectivity index (χ1) is 7.97. The predicted octanol–water partition coefficient (Wildman–Crippen LogP) is 1.56. The fourth-order valence-electron chi connectivity index (χ4n) is 1.29. The Morgan fingerprint density at radius 2 is 2.18 bits per heavy atom. The first-order valence-corrected chi connectivity index (χ1v) is 4.81. The van der Waals surface area contributed by atoms with Gasteiger partial charge in [0.05, 0.1) is 18.7 Å². The normalized spacial score (nSPS) is 10.6. The number of H-pyrrole nitrogens is 1. The maximum absolute atomic E-state index is 12.9. The molecule has 1 N–H and O–H groups in total. The maximum Gasteiger partial charge on any atom is 0.310 e. The van der Waals surface area contributed by atoms with Crippen molar-refractivity contribution in [2.45, 2.75) is 19.8 Å². The second-order valence-electron chi connectivity index (χ2n) is 3.14. The fraction of sp³-hybridized carbons (Fsp3) is 0.400. The zero-order valence-electron chi connectivity index (χ0n) is 8.93. The van der Waals surface area contributed by atoms with Gasteiger partial charge in [0.1, 0.15) is 0 Å². The Labute approximate surface area is 94.4 Å². The Hall–Kier alpha value is -1.79. The van der Waals surface area contributed by atoms with Crippen molar-refractivity contribution in [3.8, 4) is 0 Å². The van der Waals surface area contributed by atoms with Gasteiger partial charge in [-0.15, -0.1) is 0 Å². The van der Waals surface area contributed by atoms with E-state index >= 15 is 0 Å². The van der Waals surface area contributed by atoms with E-state index in [1.54, 1.807) is 0 Å². The Morgan fingerprint density at radius 1 is 1.53 bits per heavy atom. The van der Waals surface area contributed by atoms with Gasteiger partial charge < -0.3 is 9.72 Å². The highest BCUT2D eigenvalue weighted by Crippen LogP contribution is 2.19. The van der Waals surface area contributed by atoms with Crippen LogP contribution in [-0.4, -0.2) is 17.6 Å². The van der Waals surface area contributed by atoms with Gasteiger partial charge >= 0.3 is 5.97 Å². The van der Waals surface area contributed by atoms with Crippen LogP contribution in [0.3, 0.4) is 0 Å². The first kappa shape index (κ1) is 13.3. The van der Waals surface area contributed by atoms with E-state index in [1.165, 1.54) is 6.92 Å². The van der Waals surface area contributed by atoms with Crippen LogP contribution in [0.2, 0.25) is 0 Å². The quantitative estimate of drug-likeness (QED) is 0.824. The number of halogens is 3. The molecular formula is C10H10F3NO3. The van der Waals surface area contributed by atoms with Crippen LogP contribution in [0.4, 0.5) is 13.2 Å². The number of aromatic nitrogens is 1. The van der Waals surface area contributed by atoms with Gasteiger partial charge in [0, 0.05) is 11.8 Å². The molecule has 1 aromatic rings. The molecule has 0 bridgehead atoms. The summed E-state index contributed by atoms with van der Waals surface area (Å²) in [6.45, 7) is 1.58. The highest BCUT2D eigenvalue weighted by molar-refractivity contribution is 5.72. The molecule has 0 fully saturated rings. The van der Waals surface area contributed by atoms with Crippen LogP contribution in [0, 0.1) is 5.82 Å². The van der Waals surface area contributed by atoms with Gasteiger partial charge in [0.2, 0.25) is 5.43 Å². The van der Waals surface area contributed by atoms with Crippen LogP contribution in [0.15, 0.2) is 11.0 Å². The molecule has 0 amide bonds. The number of carbonyl (C=O) groups is 1. The van der Waals surface area contributed by atoms with Crippen LogP contribution in [0.25, 0.3) is 0 Å². The Morgan fingerprint density at radius 3 is 2.71 bits per heavy atom. The average Bonchev–Trinajstić information content (AvgIpc) is 2.25. The van der Waals surface area contributed by atoms with Gasteiger partial charge in [0.15, 0.2) is 5.82 Å². The van der Waals surface area contributed by atoms with Crippen molar-refractivity contribution in [1.82, 2.24) is 4.98 Å². The Balaban J connectivity index is 3.15. The summed E-state index contributed by atoms with van der Waals surface area (Å²) >= 11 is 0. The molecule has 0 aromatic carbocycles. The predicted molar refractivity (Wildman–Crippen MR) is 52.3 cm³/mol. The second kappa shape index (κ2) is 5.51. The number of nitrogens with one attached hydrogen (secondary N) is 1. The molecule has 0 unspecified atom stereocenters. The number of alkyl halides is 2. The summed E-state index contributed by atoms with van der Waals surface area (Å²) in [7, 11) is 0. The van der Waals surface area contributed by atoms with Crippen molar-refractivity contribution in [2.75, 3.05) is 6.61 Å². The number of aromatic amines is 1. The average molecular weight is 249 g/mol. The zero-order valence-corrected chi connectivity index (χ0v) is 8.93. The SMILES string of the molecule is CCOC(=O)Cc1c(C(F)F)[nH]cc(F)c1=O.